The summed E-state index contributed by atoms with van der Waals surface area (Å²) in [7, 11) is 2.14. The number of fused-ring (bicyclic) bond motifs is 1. The van der Waals surface area contributed by atoms with Crippen molar-refractivity contribution in [1.82, 2.24) is 24.8 Å². The summed E-state index contributed by atoms with van der Waals surface area (Å²) in [5.41, 5.74) is 2.35. The van der Waals surface area contributed by atoms with Crippen LogP contribution in [0.1, 0.15) is 19.4 Å². The smallest absolute Gasteiger partial charge is 0.229 e. The van der Waals surface area contributed by atoms with E-state index in [0.29, 0.717) is 16.3 Å². The molecule has 0 spiro atoms. The highest BCUT2D eigenvalue weighted by molar-refractivity contribution is 7.99. The number of nitrogens with zero attached hydrogens (tertiary/aromatic N) is 6. The lowest BCUT2D eigenvalue weighted by Gasteiger charge is -2.34. The fourth-order valence-electron chi connectivity index (χ4n) is 4.58. The van der Waals surface area contributed by atoms with Gasteiger partial charge in [0.25, 0.3) is 0 Å². The minimum atomic E-state index is -0.602. The number of aromatic nitrogens is 3. The number of halogens is 2. The van der Waals surface area contributed by atoms with Gasteiger partial charge in [-0.3, -0.25) is 4.90 Å². The predicted molar refractivity (Wildman–Crippen MR) is 141 cm³/mol. The Bertz CT molecular complexity index is 1210. The zero-order valence-electron chi connectivity index (χ0n) is 20.8. The molecule has 5 rings (SSSR count). The number of thioether (sulfide) groups is 1. The first-order chi connectivity index (χ1) is 17.4. The highest BCUT2D eigenvalue weighted by atomic mass is 32.2. The fraction of sp³-hybridized carbons (Fsp3) is 0.423. The van der Waals surface area contributed by atoms with Crippen molar-refractivity contribution >= 4 is 29.2 Å². The molecule has 2 aliphatic heterocycles. The molecule has 2 aliphatic rings. The van der Waals surface area contributed by atoms with Crippen LogP contribution < -0.4 is 10.2 Å². The Hall–Kier alpha value is -2.82. The zero-order valence-corrected chi connectivity index (χ0v) is 21.7. The maximum absolute atomic E-state index is 15.0. The van der Waals surface area contributed by atoms with Gasteiger partial charge in [-0.15, -0.1) is 11.8 Å². The summed E-state index contributed by atoms with van der Waals surface area (Å²) in [5.74, 6) is 0.629. The van der Waals surface area contributed by atoms with Gasteiger partial charge in [0.2, 0.25) is 5.95 Å². The normalized spacial score (nSPS) is 16.9. The van der Waals surface area contributed by atoms with E-state index in [0.717, 1.165) is 62.5 Å². The van der Waals surface area contributed by atoms with Crippen LogP contribution in [0.15, 0.2) is 41.6 Å². The second-order valence-corrected chi connectivity index (χ2v) is 10.7. The van der Waals surface area contributed by atoms with E-state index in [1.807, 2.05) is 24.4 Å². The number of anilines is 3. The van der Waals surface area contributed by atoms with Crippen LogP contribution in [-0.2, 0) is 6.54 Å². The number of hydrogen-bond donors (Lipinski definition) is 1. The van der Waals surface area contributed by atoms with E-state index in [1.54, 1.807) is 0 Å². The fourth-order valence-corrected chi connectivity index (χ4v) is 5.59. The SMILES string of the molecule is CC(C)N1CCSc2c(F)cc(-c3nc(Nc4ccc(CN5CCN(C)CC5)cn4)ncc3F)cc21. The van der Waals surface area contributed by atoms with E-state index in [9.17, 15) is 4.39 Å². The number of piperazine rings is 1. The lowest BCUT2D eigenvalue weighted by molar-refractivity contribution is 0.148. The monoisotopic (exact) mass is 511 g/mol. The first-order valence-electron chi connectivity index (χ1n) is 12.3. The van der Waals surface area contributed by atoms with E-state index >= 15 is 4.39 Å². The van der Waals surface area contributed by atoms with Crippen LogP contribution in [0.2, 0.25) is 0 Å². The van der Waals surface area contributed by atoms with E-state index in [1.165, 1.54) is 17.8 Å². The summed E-state index contributed by atoms with van der Waals surface area (Å²) in [4.78, 5) is 20.4. The summed E-state index contributed by atoms with van der Waals surface area (Å²) in [6.45, 7) is 10.0. The van der Waals surface area contributed by atoms with Gasteiger partial charge in [-0.2, -0.15) is 0 Å². The average Bonchev–Trinajstić information content (AvgIpc) is 2.87. The summed E-state index contributed by atoms with van der Waals surface area (Å²) < 4.78 is 29.8. The van der Waals surface area contributed by atoms with Crippen molar-refractivity contribution < 1.29 is 8.78 Å². The van der Waals surface area contributed by atoms with Gasteiger partial charge >= 0.3 is 0 Å². The van der Waals surface area contributed by atoms with Crippen molar-refractivity contribution in [2.24, 2.45) is 0 Å². The number of likely N-dealkylation sites (N-methyl/N-ethyl adjacent to an activating group) is 1. The molecule has 36 heavy (non-hydrogen) atoms. The standard InChI is InChI=1S/C26H31F2N7S/c1-17(2)35-10-11-36-25-20(27)12-19(13-22(25)35)24-21(28)15-30-26(32-24)31-23-5-4-18(14-29-23)16-34-8-6-33(3)7-9-34/h4-5,12-15,17H,6-11,16H2,1-3H3,(H,29,30,31,32). The molecule has 0 atom stereocenters. The Morgan fingerprint density at radius 3 is 2.53 bits per heavy atom. The van der Waals surface area contributed by atoms with Gasteiger partial charge in [0, 0.05) is 62.8 Å². The zero-order chi connectivity index (χ0) is 25.2. The minimum Gasteiger partial charge on any atom is -0.367 e. The number of rotatable bonds is 6. The summed E-state index contributed by atoms with van der Waals surface area (Å²) in [6, 6.07) is 7.28. The molecule has 2 aromatic heterocycles. The molecule has 1 N–H and O–H groups in total. The molecule has 4 heterocycles. The van der Waals surface area contributed by atoms with Crippen LogP contribution in [0.3, 0.4) is 0 Å². The van der Waals surface area contributed by atoms with Gasteiger partial charge in [-0.1, -0.05) is 6.07 Å². The molecule has 0 aliphatic carbocycles. The van der Waals surface area contributed by atoms with Gasteiger partial charge in [0.1, 0.15) is 17.3 Å². The first-order valence-corrected chi connectivity index (χ1v) is 13.2. The van der Waals surface area contributed by atoms with Gasteiger partial charge < -0.3 is 15.1 Å². The van der Waals surface area contributed by atoms with Crippen molar-refractivity contribution in [3.05, 3.63) is 53.9 Å². The highest BCUT2D eigenvalue weighted by Gasteiger charge is 2.25. The Balaban J connectivity index is 1.34. The Labute approximate surface area is 214 Å². The molecule has 7 nitrogen and oxygen atoms in total. The third-order valence-electron chi connectivity index (χ3n) is 6.62. The number of hydrogen-bond acceptors (Lipinski definition) is 8. The van der Waals surface area contributed by atoms with E-state index in [2.05, 4.69) is 55.9 Å². The first kappa shape index (κ1) is 24.9. The van der Waals surface area contributed by atoms with E-state index < -0.39 is 5.82 Å². The van der Waals surface area contributed by atoms with Crippen LogP contribution in [0.25, 0.3) is 11.3 Å². The minimum absolute atomic E-state index is 0.0557. The lowest BCUT2D eigenvalue weighted by Crippen LogP contribution is -2.43. The third-order valence-corrected chi connectivity index (χ3v) is 7.70. The van der Waals surface area contributed by atoms with Crippen molar-refractivity contribution in [1.29, 1.82) is 0 Å². The van der Waals surface area contributed by atoms with Crippen molar-refractivity contribution in [2.75, 3.05) is 55.7 Å². The molecule has 1 aromatic carbocycles. The van der Waals surface area contributed by atoms with Crippen molar-refractivity contribution in [2.45, 2.75) is 31.3 Å². The molecular weight excluding hydrogens is 480 g/mol. The van der Waals surface area contributed by atoms with Crippen LogP contribution >= 0.6 is 11.8 Å². The Morgan fingerprint density at radius 1 is 1.00 bits per heavy atom. The number of nitrogens with one attached hydrogen (secondary N) is 1. The maximum Gasteiger partial charge on any atom is 0.229 e. The molecule has 0 unspecified atom stereocenters. The molecule has 0 amide bonds. The third kappa shape index (κ3) is 5.45. The van der Waals surface area contributed by atoms with Gasteiger partial charge in [-0.05, 0) is 44.7 Å². The number of pyridine rings is 1. The highest BCUT2D eigenvalue weighted by Crippen LogP contribution is 2.41. The maximum atomic E-state index is 15.0. The van der Waals surface area contributed by atoms with Crippen LogP contribution in [0, 0.1) is 11.6 Å². The molecule has 1 fully saturated rings. The van der Waals surface area contributed by atoms with E-state index in [4.69, 9.17) is 0 Å². The van der Waals surface area contributed by atoms with Crippen LogP contribution in [-0.4, -0.2) is 76.3 Å². The van der Waals surface area contributed by atoms with Crippen molar-refractivity contribution in [3.63, 3.8) is 0 Å². The average molecular weight is 512 g/mol. The largest absolute Gasteiger partial charge is 0.367 e. The quantitative estimate of drug-likeness (QED) is 0.514. The molecule has 0 bridgehead atoms. The van der Waals surface area contributed by atoms with Gasteiger partial charge in [0.05, 0.1) is 16.8 Å². The predicted octanol–water partition coefficient (Wildman–Crippen LogP) is 4.63. The molecule has 190 valence electrons. The molecule has 0 radical (unpaired) electrons. The van der Waals surface area contributed by atoms with Gasteiger partial charge in [-0.25, -0.2) is 23.7 Å². The van der Waals surface area contributed by atoms with Gasteiger partial charge in [0.15, 0.2) is 5.82 Å². The van der Waals surface area contributed by atoms with E-state index in [-0.39, 0.29) is 23.5 Å². The van der Waals surface area contributed by atoms with Crippen molar-refractivity contribution in [3.8, 4) is 11.3 Å². The molecule has 10 heteroatoms. The lowest BCUT2D eigenvalue weighted by atomic mass is 10.1. The summed E-state index contributed by atoms with van der Waals surface area (Å²) >= 11 is 1.49. The summed E-state index contributed by atoms with van der Waals surface area (Å²) in [6.07, 6.45) is 2.95. The van der Waals surface area contributed by atoms with Crippen LogP contribution in [0.4, 0.5) is 26.2 Å². The Morgan fingerprint density at radius 2 is 1.81 bits per heavy atom. The molecule has 3 aromatic rings. The topological polar surface area (TPSA) is 60.4 Å². The number of benzene rings is 1. The summed E-state index contributed by atoms with van der Waals surface area (Å²) in [5, 5.41) is 3.05. The van der Waals surface area contributed by atoms with Crippen LogP contribution in [0.5, 0.6) is 0 Å². The molecular formula is C26H31F2N7S. The second kappa shape index (κ2) is 10.7. The molecule has 1 saturated heterocycles. The molecule has 0 saturated carbocycles. The Kier molecular flexibility index (Phi) is 7.36. The second-order valence-electron chi connectivity index (χ2n) is 9.59.